The van der Waals surface area contributed by atoms with Crippen LogP contribution in [-0.2, 0) is 13.6 Å². The predicted molar refractivity (Wildman–Crippen MR) is 130 cm³/mol. The number of para-hydroxylation sites is 1. The number of H-pyrrole nitrogens is 1. The molecule has 166 valence electrons. The Morgan fingerprint density at radius 1 is 1.03 bits per heavy atom. The standard InChI is InChI=1S/C26H27N7/c1-17-20-7-3-4-8-21(20)29-25(28-17)16-33-12-9-18(10-13-33)22-15-23(31-30-22)24-14-19-6-5-11-27-26(19)32(24)2/h3-8,11,14-15,18H,9-10,12-13,16H2,1-2H3,(H,30,31). The van der Waals surface area contributed by atoms with E-state index in [1.807, 2.05) is 31.4 Å². The summed E-state index contributed by atoms with van der Waals surface area (Å²) in [5.74, 6) is 1.41. The zero-order valence-corrected chi connectivity index (χ0v) is 19.0. The molecule has 0 unspecified atom stereocenters. The summed E-state index contributed by atoms with van der Waals surface area (Å²) in [7, 11) is 2.05. The lowest BCUT2D eigenvalue weighted by Gasteiger charge is -2.30. The number of rotatable bonds is 4. The van der Waals surface area contributed by atoms with E-state index in [9.17, 15) is 0 Å². The van der Waals surface area contributed by atoms with Crippen LogP contribution in [0.2, 0.25) is 0 Å². The van der Waals surface area contributed by atoms with E-state index in [0.29, 0.717) is 5.92 Å². The van der Waals surface area contributed by atoms with Crippen molar-refractivity contribution in [2.75, 3.05) is 13.1 Å². The van der Waals surface area contributed by atoms with Crippen LogP contribution in [0.3, 0.4) is 0 Å². The largest absolute Gasteiger partial charge is 0.327 e. The third kappa shape index (κ3) is 3.68. The highest BCUT2D eigenvalue weighted by Crippen LogP contribution is 2.31. The molecule has 6 rings (SSSR count). The van der Waals surface area contributed by atoms with Crippen molar-refractivity contribution >= 4 is 21.9 Å². The number of aromatic nitrogens is 6. The lowest BCUT2D eigenvalue weighted by Crippen LogP contribution is -2.33. The van der Waals surface area contributed by atoms with Gasteiger partial charge in [0.25, 0.3) is 0 Å². The summed E-state index contributed by atoms with van der Waals surface area (Å²) in [6.45, 7) is 4.94. The topological polar surface area (TPSA) is 75.5 Å². The normalized spacial score (nSPS) is 15.6. The first-order valence-electron chi connectivity index (χ1n) is 11.6. The number of aromatic amines is 1. The summed E-state index contributed by atoms with van der Waals surface area (Å²) in [6, 6.07) is 16.7. The molecule has 1 saturated heterocycles. The number of fused-ring (bicyclic) bond motifs is 2. The van der Waals surface area contributed by atoms with Crippen LogP contribution >= 0.6 is 0 Å². The molecule has 7 heteroatoms. The monoisotopic (exact) mass is 437 g/mol. The van der Waals surface area contributed by atoms with Gasteiger partial charge in [0.1, 0.15) is 17.2 Å². The molecular formula is C26H27N7. The zero-order valence-electron chi connectivity index (χ0n) is 19.0. The Balaban J connectivity index is 1.14. The molecule has 1 aromatic carbocycles. The molecule has 5 heterocycles. The van der Waals surface area contributed by atoms with Crippen molar-refractivity contribution in [1.82, 2.24) is 34.6 Å². The third-order valence-corrected chi connectivity index (χ3v) is 6.88. The second kappa shape index (κ2) is 8.08. The number of hydrogen-bond donors (Lipinski definition) is 1. The van der Waals surface area contributed by atoms with E-state index in [4.69, 9.17) is 9.97 Å². The molecule has 0 bridgehead atoms. The van der Waals surface area contributed by atoms with Gasteiger partial charge >= 0.3 is 0 Å². The fraction of sp³-hybridized carbons (Fsp3) is 0.308. The number of hydrogen-bond acceptors (Lipinski definition) is 5. The predicted octanol–water partition coefficient (Wildman–Crippen LogP) is 4.59. The van der Waals surface area contributed by atoms with Gasteiger partial charge in [0, 0.05) is 41.3 Å². The first-order valence-corrected chi connectivity index (χ1v) is 11.6. The van der Waals surface area contributed by atoms with E-state index in [2.05, 4.69) is 61.9 Å². The summed E-state index contributed by atoms with van der Waals surface area (Å²) in [4.78, 5) is 16.5. The van der Waals surface area contributed by atoms with Gasteiger partial charge < -0.3 is 4.57 Å². The number of piperidine rings is 1. The molecule has 5 aromatic rings. The van der Waals surface area contributed by atoms with E-state index in [1.54, 1.807) is 0 Å². The van der Waals surface area contributed by atoms with Gasteiger partial charge in [-0.2, -0.15) is 5.10 Å². The van der Waals surface area contributed by atoms with Crippen LogP contribution in [-0.4, -0.2) is 47.7 Å². The average Bonchev–Trinajstić information content (AvgIpc) is 3.45. The maximum absolute atomic E-state index is 4.79. The Labute approximate surface area is 192 Å². The van der Waals surface area contributed by atoms with Gasteiger partial charge in [-0.3, -0.25) is 10.00 Å². The highest BCUT2D eigenvalue weighted by atomic mass is 15.2. The lowest BCUT2D eigenvalue weighted by atomic mass is 9.93. The van der Waals surface area contributed by atoms with Crippen LogP contribution in [0.4, 0.5) is 0 Å². The zero-order chi connectivity index (χ0) is 22.4. The van der Waals surface area contributed by atoms with Gasteiger partial charge in [-0.05, 0) is 63.2 Å². The van der Waals surface area contributed by atoms with Crippen molar-refractivity contribution in [2.24, 2.45) is 7.05 Å². The van der Waals surface area contributed by atoms with E-state index in [-0.39, 0.29) is 0 Å². The van der Waals surface area contributed by atoms with Crippen molar-refractivity contribution in [3.8, 4) is 11.4 Å². The Morgan fingerprint density at radius 3 is 2.73 bits per heavy atom. The van der Waals surface area contributed by atoms with Gasteiger partial charge in [-0.15, -0.1) is 0 Å². The molecule has 0 aliphatic carbocycles. The minimum absolute atomic E-state index is 0.495. The molecule has 1 aliphatic heterocycles. The average molecular weight is 438 g/mol. The minimum atomic E-state index is 0.495. The summed E-state index contributed by atoms with van der Waals surface area (Å²) in [6.07, 6.45) is 4.04. The SMILES string of the molecule is Cc1nc(CN2CCC(c3cc(-c4cc5cccnc5n4C)n[nH]3)CC2)nc2ccccc12. The van der Waals surface area contributed by atoms with E-state index in [0.717, 1.165) is 77.3 Å². The van der Waals surface area contributed by atoms with Crippen molar-refractivity contribution < 1.29 is 0 Å². The molecular weight excluding hydrogens is 410 g/mol. The van der Waals surface area contributed by atoms with Crippen molar-refractivity contribution in [1.29, 1.82) is 0 Å². The lowest BCUT2D eigenvalue weighted by molar-refractivity contribution is 0.199. The smallest absolute Gasteiger partial charge is 0.143 e. The van der Waals surface area contributed by atoms with E-state index in [1.165, 1.54) is 5.69 Å². The van der Waals surface area contributed by atoms with E-state index < -0.39 is 0 Å². The van der Waals surface area contributed by atoms with Crippen LogP contribution in [0.5, 0.6) is 0 Å². The molecule has 0 radical (unpaired) electrons. The second-order valence-electron chi connectivity index (χ2n) is 9.01. The number of benzene rings is 1. The van der Waals surface area contributed by atoms with Crippen LogP contribution in [0.25, 0.3) is 33.3 Å². The van der Waals surface area contributed by atoms with Gasteiger partial charge in [-0.1, -0.05) is 18.2 Å². The highest BCUT2D eigenvalue weighted by molar-refractivity contribution is 5.83. The van der Waals surface area contributed by atoms with Crippen LogP contribution in [0.1, 0.15) is 36.0 Å². The maximum atomic E-state index is 4.79. The molecule has 4 aromatic heterocycles. The van der Waals surface area contributed by atoms with Gasteiger partial charge in [-0.25, -0.2) is 15.0 Å². The first-order chi connectivity index (χ1) is 16.2. The maximum Gasteiger partial charge on any atom is 0.143 e. The van der Waals surface area contributed by atoms with Crippen LogP contribution in [0.15, 0.2) is 54.7 Å². The Kier molecular flexibility index (Phi) is 4.91. The molecule has 33 heavy (non-hydrogen) atoms. The van der Waals surface area contributed by atoms with Gasteiger partial charge in [0.15, 0.2) is 0 Å². The molecule has 0 atom stereocenters. The summed E-state index contributed by atoms with van der Waals surface area (Å²) in [5.41, 5.74) is 6.36. The molecule has 0 saturated carbocycles. The Hall–Kier alpha value is -3.58. The minimum Gasteiger partial charge on any atom is -0.327 e. The number of nitrogens with one attached hydrogen (secondary N) is 1. The number of nitrogens with zero attached hydrogens (tertiary/aromatic N) is 6. The van der Waals surface area contributed by atoms with Gasteiger partial charge in [0.05, 0.1) is 17.8 Å². The van der Waals surface area contributed by atoms with Gasteiger partial charge in [0.2, 0.25) is 0 Å². The number of pyridine rings is 1. The first kappa shape index (κ1) is 20.1. The molecule has 0 spiro atoms. The Morgan fingerprint density at radius 2 is 1.88 bits per heavy atom. The molecule has 1 N–H and O–H groups in total. The fourth-order valence-electron chi connectivity index (χ4n) is 5.05. The summed E-state index contributed by atoms with van der Waals surface area (Å²) >= 11 is 0. The molecule has 0 amide bonds. The fourth-order valence-corrected chi connectivity index (χ4v) is 5.05. The number of likely N-dealkylation sites (tertiary alicyclic amines) is 1. The van der Waals surface area contributed by atoms with Crippen molar-refractivity contribution in [3.63, 3.8) is 0 Å². The molecule has 1 fully saturated rings. The van der Waals surface area contributed by atoms with Crippen LogP contribution in [0, 0.1) is 6.92 Å². The summed E-state index contributed by atoms with van der Waals surface area (Å²) < 4.78 is 2.11. The molecule has 7 nitrogen and oxygen atoms in total. The third-order valence-electron chi connectivity index (χ3n) is 6.88. The highest BCUT2D eigenvalue weighted by Gasteiger charge is 2.24. The van der Waals surface area contributed by atoms with Crippen molar-refractivity contribution in [2.45, 2.75) is 32.2 Å². The van der Waals surface area contributed by atoms with Crippen LogP contribution < -0.4 is 0 Å². The Bertz CT molecular complexity index is 1440. The summed E-state index contributed by atoms with van der Waals surface area (Å²) in [5, 5.41) is 10.2. The second-order valence-corrected chi connectivity index (χ2v) is 9.01. The molecule has 1 aliphatic rings. The quantitative estimate of drug-likeness (QED) is 0.445. The van der Waals surface area contributed by atoms with Crippen molar-refractivity contribution in [3.05, 3.63) is 71.9 Å². The number of aryl methyl sites for hydroxylation is 2. The van der Waals surface area contributed by atoms with E-state index >= 15 is 0 Å².